The quantitative estimate of drug-likeness (QED) is 0.857. The van der Waals surface area contributed by atoms with Crippen LogP contribution in [0.15, 0.2) is 48.8 Å². The van der Waals surface area contributed by atoms with E-state index in [0.29, 0.717) is 5.02 Å². The van der Waals surface area contributed by atoms with Gasteiger partial charge >= 0.3 is 0 Å². The Kier molecular flexibility index (Phi) is 3.67. The molecule has 0 bridgehead atoms. The Morgan fingerprint density at radius 3 is 2.63 bits per heavy atom. The zero-order valence-electron chi connectivity index (χ0n) is 10.5. The molecule has 0 radical (unpaired) electrons. The number of ether oxygens (including phenoxy) is 1. The van der Waals surface area contributed by atoms with Crippen LogP contribution in [0.4, 0.5) is 0 Å². The highest BCUT2D eigenvalue weighted by molar-refractivity contribution is 6.32. The van der Waals surface area contributed by atoms with Crippen LogP contribution in [0.2, 0.25) is 5.02 Å². The fraction of sp³-hybridized carbons (Fsp3) is 0.267. The predicted molar refractivity (Wildman–Crippen MR) is 75.4 cm³/mol. The monoisotopic (exact) mass is 274 g/mol. The average molecular weight is 275 g/mol. The van der Waals surface area contributed by atoms with E-state index in [9.17, 15) is 0 Å². The van der Waals surface area contributed by atoms with Crippen molar-refractivity contribution in [2.45, 2.75) is 12.6 Å². The van der Waals surface area contributed by atoms with Crippen molar-refractivity contribution < 1.29 is 4.74 Å². The Hall–Kier alpha value is -1.58. The number of pyridine rings is 1. The van der Waals surface area contributed by atoms with Crippen molar-refractivity contribution in [3.05, 3.63) is 59.4 Å². The van der Waals surface area contributed by atoms with Crippen LogP contribution in [0.5, 0.6) is 5.75 Å². The molecule has 2 aromatic rings. The van der Waals surface area contributed by atoms with E-state index in [0.717, 1.165) is 25.4 Å². The van der Waals surface area contributed by atoms with Crippen molar-refractivity contribution in [2.75, 3.05) is 13.1 Å². The summed E-state index contributed by atoms with van der Waals surface area (Å²) in [6.07, 6.45) is 3.89. The van der Waals surface area contributed by atoms with Gasteiger partial charge in [0.2, 0.25) is 0 Å². The molecule has 1 saturated heterocycles. The minimum absolute atomic E-state index is 0.238. The van der Waals surface area contributed by atoms with E-state index < -0.39 is 0 Å². The third-order valence-corrected chi connectivity index (χ3v) is 3.52. The van der Waals surface area contributed by atoms with Crippen LogP contribution in [0.25, 0.3) is 0 Å². The molecule has 3 rings (SSSR count). The van der Waals surface area contributed by atoms with E-state index in [1.165, 1.54) is 5.56 Å². The molecule has 2 heterocycles. The second kappa shape index (κ2) is 5.59. The number of aromatic nitrogens is 1. The lowest BCUT2D eigenvalue weighted by Crippen LogP contribution is -2.53. The molecule has 3 nitrogen and oxygen atoms in total. The fourth-order valence-electron chi connectivity index (χ4n) is 2.19. The number of halogens is 1. The molecule has 1 aromatic carbocycles. The third kappa shape index (κ3) is 3.06. The first kappa shape index (κ1) is 12.5. The summed E-state index contributed by atoms with van der Waals surface area (Å²) in [5, 5.41) is 0.676. The Labute approximate surface area is 117 Å². The highest BCUT2D eigenvalue weighted by atomic mass is 35.5. The molecule has 1 aromatic heterocycles. The van der Waals surface area contributed by atoms with Crippen LogP contribution in [-0.2, 0) is 6.54 Å². The van der Waals surface area contributed by atoms with Crippen LogP contribution in [0, 0.1) is 0 Å². The van der Waals surface area contributed by atoms with Gasteiger partial charge in [0.15, 0.2) is 0 Å². The molecule has 1 aliphatic rings. The zero-order valence-corrected chi connectivity index (χ0v) is 11.3. The second-order valence-electron chi connectivity index (χ2n) is 4.72. The molecule has 0 atom stereocenters. The lowest BCUT2D eigenvalue weighted by atomic mass is 10.1. The summed E-state index contributed by atoms with van der Waals surface area (Å²) in [5.41, 5.74) is 1.28. The summed E-state index contributed by atoms with van der Waals surface area (Å²) < 4.78 is 5.86. The van der Waals surface area contributed by atoms with E-state index in [-0.39, 0.29) is 6.10 Å². The van der Waals surface area contributed by atoms with Crippen molar-refractivity contribution in [1.82, 2.24) is 9.88 Å². The van der Waals surface area contributed by atoms with Crippen LogP contribution < -0.4 is 4.74 Å². The topological polar surface area (TPSA) is 25.4 Å². The van der Waals surface area contributed by atoms with Crippen molar-refractivity contribution in [2.24, 2.45) is 0 Å². The van der Waals surface area contributed by atoms with Gasteiger partial charge < -0.3 is 4.74 Å². The Morgan fingerprint density at radius 1 is 1.16 bits per heavy atom. The highest BCUT2D eigenvalue weighted by Crippen LogP contribution is 2.26. The van der Waals surface area contributed by atoms with Crippen molar-refractivity contribution in [3.8, 4) is 5.75 Å². The van der Waals surface area contributed by atoms with Crippen LogP contribution in [0.1, 0.15) is 5.56 Å². The molecule has 0 spiro atoms. The molecule has 98 valence electrons. The third-order valence-electron chi connectivity index (χ3n) is 3.21. The SMILES string of the molecule is Clc1ccccc1OC1CN(Cc2ccncc2)C1. The normalized spacial score (nSPS) is 16.1. The Bertz CT molecular complexity index is 541. The number of nitrogens with zero attached hydrogens (tertiary/aromatic N) is 2. The zero-order chi connectivity index (χ0) is 13.1. The first-order valence-corrected chi connectivity index (χ1v) is 6.71. The van der Waals surface area contributed by atoms with E-state index in [2.05, 4.69) is 9.88 Å². The highest BCUT2D eigenvalue weighted by Gasteiger charge is 2.28. The van der Waals surface area contributed by atoms with Crippen LogP contribution in [0.3, 0.4) is 0 Å². The van der Waals surface area contributed by atoms with Gasteiger partial charge in [-0.05, 0) is 29.8 Å². The summed E-state index contributed by atoms with van der Waals surface area (Å²) in [4.78, 5) is 6.36. The number of hydrogen-bond donors (Lipinski definition) is 0. The minimum Gasteiger partial charge on any atom is -0.486 e. The molecule has 1 fully saturated rings. The number of rotatable bonds is 4. The van der Waals surface area contributed by atoms with E-state index in [1.807, 2.05) is 48.8 Å². The van der Waals surface area contributed by atoms with Gasteiger partial charge in [-0.3, -0.25) is 9.88 Å². The lowest BCUT2D eigenvalue weighted by molar-refractivity contribution is 0.0146. The van der Waals surface area contributed by atoms with Gasteiger partial charge in [0.1, 0.15) is 11.9 Å². The van der Waals surface area contributed by atoms with Crippen molar-refractivity contribution in [1.29, 1.82) is 0 Å². The van der Waals surface area contributed by atoms with Gasteiger partial charge in [-0.2, -0.15) is 0 Å². The molecule has 0 amide bonds. The summed E-state index contributed by atoms with van der Waals surface area (Å²) >= 11 is 6.07. The second-order valence-corrected chi connectivity index (χ2v) is 5.13. The maximum absolute atomic E-state index is 6.07. The molecule has 0 saturated carbocycles. The van der Waals surface area contributed by atoms with Crippen molar-refractivity contribution >= 4 is 11.6 Å². The molecule has 0 aliphatic carbocycles. The predicted octanol–water partition coefficient (Wildman–Crippen LogP) is 3.00. The van der Waals surface area contributed by atoms with Crippen LogP contribution >= 0.6 is 11.6 Å². The molecular weight excluding hydrogens is 260 g/mol. The van der Waals surface area contributed by atoms with Crippen molar-refractivity contribution in [3.63, 3.8) is 0 Å². The summed E-state index contributed by atoms with van der Waals surface area (Å²) in [6.45, 7) is 2.83. The van der Waals surface area contributed by atoms with Gasteiger partial charge in [0.05, 0.1) is 5.02 Å². The molecule has 0 unspecified atom stereocenters. The standard InChI is InChI=1S/C15H15ClN2O/c16-14-3-1-2-4-15(14)19-13-10-18(11-13)9-12-5-7-17-8-6-12/h1-8,13H,9-11H2. The van der Waals surface area contributed by atoms with E-state index >= 15 is 0 Å². The summed E-state index contributed by atoms with van der Waals surface area (Å²) in [7, 11) is 0. The summed E-state index contributed by atoms with van der Waals surface area (Å²) in [6, 6.07) is 11.7. The van der Waals surface area contributed by atoms with Gasteiger partial charge in [-0.15, -0.1) is 0 Å². The lowest BCUT2D eigenvalue weighted by Gasteiger charge is -2.39. The first-order valence-electron chi connectivity index (χ1n) is 6.34. The Morgan fingerprint density at radius 2 is 1.89 bits per heavy atom. The number of para-hydroxylation sites is 1. The smallest absolute Gasteiger partial charge is 0.138 e. The molecular formula is C15H15ClN2O. The minimum atomic E-state index is 0.238. The number of hydrogen-bond acceptors (Lipinski definition) is 3. The largest absolute Gasteiger partial charge is 0.486 e. The van der Waals surface area contributed by atoms with Gasteiger partial charge in [-0.25, -0.2) is 0 Å². The number of likely N-dealkylation sites (tertiary alicyclic amines) is 1. The number of benzene rings is 1. The molecule has 1 aliphatic heterocycles. The van der Waals surface area contributed by atoms with Crippen LogP contribution in [-0.4, -0.2) is 29.1 Å². The Balaban J connectivity index is 1.50. The fourth-order valence-corrected chi connectivity index (χ4v) is 2.37. The maximum atomic E-state index is 6.07. The summed E-state index contributed by atoms with van der Waals surface area (Å²) in [5.74, 6) is 0.776. The molecule has 4 heteroatoms. The molecule has 0 N–H and O–H groups in total. The van der Waals surface area contributed by atoms with E-state index in [1.54, 1.807) is 0 Å². The van der Waals surface area contributed by atoms with Gasteiger partial charge in [0, 0.05) is 32.0 Å². The van der Waals surface area contributed by atoms with Gasteiger partial charge in [-0.1, -0.05) is 23.7 Å². The van der Waals surface area contributed by atoms with E-state index in [4.69, 9.17) is 16.3 Å². The molecule has 19 heavy (non-hydrogen) atoms. The first-order chi connectivity index (χ1) is 9.31. The maximum Gasteiger partial charge on any atom is 0.138 e. The van der Waals surface area contributed by atoms with Gasteiger partial charge in [0.25, 0.3) is 0 Å². The average Bonchev–Trinajstić information content (AvgIpc) is 2.40.